The summed E-state index contributed by atoms with van der Waals surface area (Å²) in [6, 6.07) is 14.4. The number of hydrogen-bond donors (Lipinski definition) is 0. The molecule has 164 valence electrons. The zero-order valence-electron chi connectivity index (χ0n) is 18.6. The quantitative estimate of drug-likeness (QED) is 0.470. The number of hydrogen-bond acceptors (Lipinski definition) is 5. The van der Waals surface area contributed by atoms with Crippen LogP contribution in [0.1, 0.15) is 38.2 Å². The largest absolute Gasteiger partial charge is 0.497 e. The molecule has 0 amide bonds. The van der Waals surface area contributed by atoms with Crippen LogP contribution in [0, 0.1) is 0 Å². The molecule has 1 unspecified atom stereocenters. The van der Waals surface area contributed by atoms with Crippen LogP contribution in [-0.4, -0.2) is 31.5 Å². The molecule has 0 bridgehead atoms. The molecular weight excluding hydrogens is 408 g/mol. The van der Waals surface area contributed by atoms with Gasteiger partial charge in [-0.1, -0.05) is 26.0 Å². The molecule has 2 aromatic carbocycles. The molecule has 3 aromatic rings. The Morgan fingerprint density at radius 1 is 1.13 bits per heavy atom. The summed E-state index contributed by atoms with van der Waals surface area (Å²) in [5.41, 5.74) is 4.33. The van der Waals surface area contributed by atoms with Gasteiger partial charge in [0.25, 0.3) is 0 Å². The molecule has 5 nitrogen and oxygen atoms in total. The first-order chi connectivity index (χ1) is 15.1. The Labute approximate surface area is 187 Å². The fourth-order valence-electron chi connectivity index (χ4n) is 3.86. The highest BCUT2D eigenvalue weighted by atomic mass is 32.1. The van der Waals surface area contributed by atoms with Crippen LogP contribution in [-0.2, 0) is 11.3 Å². The van der Waals surface area contributed by atoms with Crippen molar-refractivity contribution in [2.24, 2.45) is 4.99 Å². The van der Waals surface area contributed by atoms with Crippen molar-refractivity contribution in [3.8, 4) is 22.8 Å². The molecule has 0 radical (unpaired) electrons. The highest BCUT2D eigenvalue weighted by molar-refractivity contribution is 7.07. The van der Waals surface area contributed by atoms with Gasteiger partial charge in [0.05, 0.1) is 38.2 Å². The van der Waals surface area contributed by atoms with E-state index in [-0.39, 0.29) is 6.10 Å². The van der Waals surface area contributed by atoms with Gasteiger partial charge >= 0.3 is 0 Å². The van der Waals surface area contributed by atoms with Crippen molar-refractivity contribution >= 4 is 17.0 Å². The summed E-state index contributed by atoms with van der Waals surface area (Å²) in [6.07, 6.45) is 2.38. The number of methoxy groups -OCH3 is 2. The highest BCUT2D eigenvalue weighted by Gasteiger charge is 2.20. The Bertz CT molecular complexity index is 1080. The van der Waals surface area contributed by atoms with Crippen LogP contribution >= 0.6 is 11.3 Å². The van der Waals surface area contributed by atoms with Gasteiger partial charge in [-0.25, -0.2) is 4.99 Å². The molecule has 6 heteroatoms. The predicted octanol–water partition coefficient (Wildman–Crippen LogP) is 5.77. The molecule has 1 saturated heterocycles. The molecule has 0 spiro atoms. The third-order valence-corrected chi connectivity index (χ3v) is 6.54. The van der Waals surface area contributed by atoms with Crippen LogP contribution in [0.4, 0.5) is 5.69 Å². The van der Waals surface area contributed by atoms with E-state index in [1.807, 2.05) is 18.2 Å². The summed E-state index contributed by atoms with van der Waals surface area (Å²) in [4.78, 5) is 5.93. The van der Waals surface area contributed by atoms with Gasteiger partial charge in [-0.05, 0) is 54.7 Å². The lowest BCUT2D eigenvalue weighted by molar-refractivity contribution is 0.0968. The molecule has 1 aliphatic heterocycles. The van der Waals surface area contributed by atoms with Gasteiger partial charge in [-0.15, -0.1) is 11.3 Å². The van der Waals surface area contributed by atoms with E-state index in [1.165, 1.54) is 5.56 Å². The Kier molecular flexibility index (Phi) is 6.78. The zero-order chi connectivity index (χ0) is 21.8. The van der Waals surface area contributed by atoms with E-state index in [9.17, 15) is 0 Å². The summed E-state index contributed by atoms with van der Waals surface area (Å²) in [5, 5.41) is 2.15. The highest BCUT2D eigenvalue weighted by Crippen LogP contribution is 2.34. The van der Waals surface area contributed by atoms with Crippen molar-refractivity contribution < 1.29 is 14.2 Å². The van der Waals surface area contributed by atoms with Crippen molar-refractivity contribution in [2.45, 2.75) is 45.3 Å². The van der Waals surface area contributed by atoms with E-state index < -0.39 is 0 Å². The minimum atomic E-state index is 0.201. The Morgan fingerprint density at radius 2 is 1.94 bits per heavy atom. The maximum absolute atomic E-state index is 5.95. The normalized spacial score (nSPS) is 16.8. The average Bonchev–Trinajstić information content (AvgIpc) is 3.44. The minimum absolute atomic E-state index is 0.201. The maximum Gasteiger partial charge on any atom is 0.190 e. The third kappa shape index (κ3) is 4.86. The molecule has 2 heterocycles. The van der Waals surface area contributed by atoms with Crippen molar-refractivity contribution in [2.75, 3.05) is 20.8 Å². The van der Waals surface area contributed by atoms with Crippen molar-refractivity contribution in [1.29, 1.82) is 0 Å². The van der Waals surface area contributed by atoms with E-state index >= 15 is 0 Å². The summed E-state index contributed by atoms with van der Waals surface area (Å²) < 4.78 is 19.3. The molecule has 1 fully saturated rings. The second-order valence-corrected chi connectivity index (χ2v) is 8.91. The van der Waals surface area contributed by atoms with E-state index in [0.717, 1.165) is 59.2 Å². The zero-order valence-corrected chi connectivity index (χ0v) is 19.4. The van der Waals surface area contributed by atoms with Crippen LogP contribution in [0.2, 0.25) is 0 Å². The van der Waals surface area contributed by atoms with Crippen LogP contribution in [0.25, 0.3) is 11.3 Å². The first-order valence-corrected chi connectivity index (χ1v) is 11.6. The van der Waals surface area contributed by atoms with E-state index in [0.29, 0.717) is 5.92 Å². The SMILES string of the molecule is COc1ccc(OC)c(-c2csc(=Nc3ccc(C(C)C)cc3)n2CC2CCCO2)c1. The minimum Gasteiger partial charge on any atom is -0.497 e. The fourth-order valence-corrected chi connectivity index (χ4v) is 4.79. The summed E-state index contributed by atoms with van der Waals surface area (Å²) >= 11 is 1.64. The van der Waals surface area contributed by atoms with Crippen LogP contribution < -0.4 is 14.3 Å². The second-order valence-electron chi connectivity index (χ2n) is 8.07. The first-order valence-electron chi connectivity index (χ1n) is 10.8. The first kappa shape index (κ1) is 21.7. The number of aromatic nitrogens is 1. The van der Waals surface area contributed by atoms with Gasteiger partial charge in [0.15, 0.2) is 4.80 Å². The molecule has 31 heavy (non-hydrogen) atoms. The number of rotatable bonds is 7. The number of ether oxygens (including phenoxy) is 3. The molecule has 1 aromatic heterocycles. The maximum atomic E-state index is 5.95. The molecular formula is C25H30N2O3S. The summed E-state index contributed by atoms with van der Waals surface area (Å²) in [7, 11) is 3.38. The topological polar surface area (TPSA) is 45.0 Å². The fraction of sp³-hybridized carbons (Fsp3) is 0.400. The van der Waals surface area contributed by atoms with Crippen molar-refractivity contribution in [3.63, 3.8) is 0 Å². The van der Waals surface area contributed by atoms with E-state index in [4.69, 9.17) is 19.2 Å². The van der Waals surface area contributed by atoms with Gasteiger partial charge in [0.1, 0.15) is 11.5 Å². The molecule has 0 aliphatic carbocycles. The van der Waals surface area contributed by atoms with Crippen LogP contribution in [0.3, 0.4) is 0 Å². The predicted molar refractivity (Wildman–Crippen MR) is 126 cm³/mol. The number of thiazole rings is 1. The lowest BCUT2D eigenvalue weighted by Gasteiger charge is -2.16. The molecule has 1 aliphatic rings. The summed E-state index contributed by atoms with van der Waals surface area (Å²) in [6.45, 7) is 6.00. The smallest absolute Gasteiger partial charge is 0.190 e. The Hall–Kier alpha value is -2.57. The molecule has 0 saturated carbocycles. The monoisotopic (exact) mass is 438 g/mol. The second kappa shape index (κ2) is 9.71. The van der Waals surface area contributed by atoms with Gasteiger partial charge in [0, 0.05) is 17.6 Å². The van der Waals surface area contributed by atoms with Gasteiger partial charge < -0.3 is 18.8 Å². The average molecular weight is 439 g/mol. The lowest BCUT2D eigenvalue weighted by atomic mass is 10.0. The number of benzene rings is 2. The van der Waals surface area contributed by atoms with Crippen molar-refractivity contribution in [3.05, 3.63) is 58.2 Å². The summed E-state index contributed by atoms with van der Waals surface area (Å²) in [5.74, 6) is 2.12. The Balaban J connectivity index is 1.81. The van der Waals surface area contributed by atoms with Gasteiger partial charge in [-0.3, -0.25) is 0 Å². The van der Waals surface area contributed by atoms with Crippen molar-refractivity contribution in [1.82, 2.24) is 4.57 Å². The third-order valence-electron chi connectivity index (χ3n) is 5.67. The Morgan fingerprint density at radius 3 is 2.58 bits per heavy atom. The standard InChI is InChI=1S/C25H30N2O3S/c1-17(2)18-7-9-19(10-8-18)26-25-27(15-21-6-5-13-30-21)23(16-31-25)22-14-20(28-3)11-12-24(22)29-4/h7-12,14,16-17,21H,5-6,13,15H2,1-4H3. The van der Waals surface area contributed by atoms with Crippen LogP contribution in [0.5, 0.6) is 11.5 Å². The number of nitrogens with zero attached hydrogens (tertiary/aromatic N) is 2. The molecule has 1 atom stereocenters. The van der Waals surface area contributed by atoms with E-state index in [2.05, 4.69) is 48.1 Å². The molecule has 4 rings (SSSR count). The van der Waals surface area contributed by atoms with E-state index in [1.54, 1.807) is 25.6 Å². The lowest BCUT2D eigenvalue weighted by Crippen LogP contribution is -2.24. The van der Waals surface area contributed by atoms with Gasteiger partial charge in [-0.2, -0.15) is 0 Å². The van der Waals surface area contributed by atoms with Crippen LogP contribution in [0.15, 0.2) is 52.8 Å². The van der Waals surface area contributed by atoms with Gasteiger partial charge in [0.2, 0.25) is 0 Å². The molecule has 0 N–H and O–H groups in total.